The molecular formula is C13H16ClF3N2O3S. The molecule has 0 spiro atoms. The van der Waals surface area contributed by atoms with Gasteiger partial charge in [-0.1, -0.05) is 11.6 Å². The average Bonchev–Trinajstić information content (AvgIpc) is 2.35. The molecule has 0 radical (unpaired) electrons. The highest BCUT2D eigenvalue weighted by atomic mass is 35.5. The Kier molecular flexibility index (Phi) is 5.40. The van der Waals surface area contributed by atoms with Gasteiger partial charge in [-0.25, -0.2) is 8.42 Å². The van der Waals surface area contributed by atoms with Crippen molar-refractivity contribution >= 4 is 27.5 Å². The fourth-order valence-electron chi connectivity index (χ4n) is 1.88. The van der Waals surface area contributed by atoms with E-state index in [4.69, 9.17) is 11.6 Å². The second kappa shape index (κ2) is 6.29. The number of carbonyl (C=O) groups excluding carboxylic acids is 1. The van der Waals surface area contributed by atoms with Gasteiger partial charge in [0.2, 0.25) is 15.9 Å². The lowest BCUT2D eigenvalue weighted by Gasteiger charge is -2.28. The van der Waals surface area contributed by atoms with E-state index in [9.17, 15) is 26.4 Å². The number of alkyl halides is 3. The third-order valence-corrected chi connectivity index (χ3v) is 5.02. The van der Waals surface area contributed by atoms with Crippen LogP contribution in [0.15, 0.2) is 23.1 Å². The summed E-state index contributed by atoms with van der Waals surface area (Å²) in [5.41, 5.74) is -2.71. The highest BCUT2D eigenvalue weighted by Crippen LogP contribution is 2.33. The van der Waals surface area contributed by atoms with Gasteiger partial charge in [0.05, 0.1) is 10.6 Å². The number of nitrogens with zero attached hydrogens (tertiary/aromatic N) is 1. The van der Waals surface area contributed by atoms with Crippen LogP contribution in [0.4, 0.5) is 13.2 Å². The molecule has 0 atom stereocenters. The summed E-state index contributed by atoms with van der Waals surface area (Å²) in [6, 6.07) is 1.96. The number of halogens is 4. The number of likely N-dealkylation sites (N-methyl/N-ethyl adjacent to an activating group) is 1. The maximum atomic E-state index is 12.7. The van der Waals surface area contributed by atoms with Crippen LogP contribution >= 0.6 is 11.6 Å². The van der Waals surface area contributed by atoms with E-state index in [0.717, 1.165) is 11.0 Å². The van der Waals surface area contributed by atoms with Gasteiger partial charge in [0, 0.05) is 14.1 Å². The summed E-state index contributed by atoms with van der Waals surface area (Å²) >= 11 is 5.72. The summed E-state index contributed by atoms with van der Waals surface area (Å²) in [4.78, 5) is 12.4. The Morgan fingerprint density at radius 3 is 2.17 bits per heavy atom. The summed E-state index contributed by atoms with van der Waals surface area (Å²) in [7, 11) is -1.59. The fourth-order valence-corrected chi connectivity index (χ4v) is 3.78. The maximum Gasteiger partial charge on any atom is 0.416 e. The first-order valence-corrected chi connectivity index (χ1v) is 8.17. The smallest absolute Gasteiger partial charge is 0.347 e. The Labute approximate surface area is 137 Å². The third kappa shape index (κ3) is 4.58. The van der Waals surface area contributed by atoms with Crippen LogP contribution in [0.5, 0.6) is 0 Å². The summed E-state index contributed by atoms with van der Waals surface area (Å²) in [5.74, 6) is -0.566. The zero-order valence-electron chi connectivity index (χ0n) is 12.8. The van der Waals surface area contributed by atoms with Gasteiger partial charge in [0.15, 0.2) is 0 Å². The molecule has 23 heavy (non-hydrogen) atoms. The molecule has 0 fully saturated rings. The topological polar surface area (TPSA) is 66.5 Å². The van der Waals surface area contributed by atoms with Gasteiger partial charge in [-0.15, -0.1) is 0 Å². The largest absolute Gasteiger partial charge is 0.416 e. The van der Waals surface area contributed by atoms with Crippen molar-refractivity contribution < 1.29 is 26.4 Å². The molecule has 1 N–H and O–H groups in total. The Morgan fingerprint density at radius 2 is 1.74 bits per heavy atom. The van der Waals surface area contributed by atoms with E-state index in [1.165, 1.54) is 27.9 Å². The summed E-state index contributed by atoms with van der Waals surface area (Å²) < 4.78 is 65.0. The van der Waals surface area contributed by atoms with E-state index in [2.05, 4.69) is 4.72 Å². The van der Waals surface area contributed by atoms with Crippen molar-refractivity contribution in [2.24, 2.45) is 0 Å². The van der Waals surface area contributed by atoms with Crippen LogP contribution in [0.25, 0.3) is 0 Å². The summed E-state index contributed by atoms with van der Waals surface area (Å²) in [6.07, 6.45) is -4.72. The second-order valence-electron chi connectivity index (χ2n) is 5.57. The number of carbonyl (C=O) groups is 1. The van der Waals surface area contributed by atoms with Crippen molar-refractivity contribution in [1.29, 1.82) is 0 Å². The van der Waals surface area contributed by atoms with Gasteiger partial charge in [0.1, 0.15) is 10.4 Å². The zero-order chi connectivity index (χ0) is 18.2. The molecule has 1 rings (SSSR count). The van der Waals surface area contributed by atoms with E-state index in [1.54, 1.807) is 0 Å². The van der Waals surface area contributed by atoms with Crippen molar-refractivity contribution in [3.63, 3.8) is 0 Å². The lowest BCUT2D eigenvalue weighted by atomic mass is 10.1. The number of sulfonamides is 1. The maximum absolute atomic E-state index is 12.7. The van der Waals surface area contributed by atoms with E-state index in [1.807, 2.05) is 0 Å². The Bertz CT molecular complexity index is 716. The molecule has 0 aliphatic heterocycles. The van der Waals surface area contributed by atoms with Crippen LogP contribution in [0.3, 0.4) is 0 Å². The minimum atomic E-state index is -4.72. The van der Waals surface area contributed by atoms with Crippen molar-refractivity contribution in [3.8, 4) is 0 Å². The molecule has 10 heteroatoms. The van der Waals surface area contributed by atoms with Gasteiger partial charge < -0.3 is 4.90 Å². The zero-order valence-corrected chi connectivity index (χ0v) is 14.4. The van der Waals surface area contributed by atoms with Crippen LogP contribution in [0.2, 0.25) is 5.02 Å². The molecule has 130 valence electrons. The number of benzene rings is 1. The quantitative estimate of drug-likeness (QED) is 0.883. The monoisotopic (exact) mass is 372 g/mol. The van der Waals surface area contributed by atoms with Crippen LogP contribution in [-0.2, 0) is 21.0 Å². The van der Waals surface area contributed by atoms with Crippen LogP contribution in [0.1, 0.15) is 19.4 Å². The first-order valence-electron chi connectivity index (χ1n) is 6.31. The number of rotatable bonds is 4. The molecule has 0 bridgehead atoms. The van der Waals surface area contributed by atoms with E-state index >= 15 is 0 Å². The number of hydrogen-bond donors (Lipinski definition) is 1. The van der Waals surface area contributed by atoms with Gasteiger partial charge in [0.25, 0.3) is 0 Å². The number of hydrogen-bond acceptors (Lipinski definition) is 3. The average molecular weight is 373 g/mol. The van der Waals surface area contributed by atoms with Crippen molar-refractivity contribution in [3.05, 3.63) is 28.8 Å². The van der Waals surface area contributed by atoms with Crippen LogP contribution < -0.4 is 4.72 Å². The van der Waals surface area contributed by atoms with Gasteiger partial charge >= 0.3 is 6.18 Å². The SMILES string of the molecule is CN(C)C(=O)C(C)(C)NS(=O)(=O)c1cc(C(F)(F)F)ccc1Cl. The minimum absolute atomic E-state index is 0.376. The molecule has 5 nitrogen and oxygen atoms in total. The molecule has 1 aromatic carbocycles. The van der Waals surface area contributed by atoms with Gasteiger partial charge in [-0.2, -0.15) is 17.9 Å². The third-order valence-electron chi connectivity index (χ3n) is 2.88. The molecule has 1 aromatic rings. The van der Waals surface area contributed by atoms with Crippen molar-refractivity contribution in [2.45, 2.75) is 30.5 Å². The minimum Gasteiger partial charge on any atom is -0.347 e. The van der Waals surface area contributed by atoms with E-state index in [-0.39, 0.29) is 5.02 Å². The first kappa shape index (κ1) is 19.7. The van der Waals surface area contributed by atoms with Crippen molar-refractivity contribution in [1.82, 2.24) is 9.62 Å². The molecule has 0 unspecified atom stereocenters. The number of nitrogens with one attached hydrogen (secondary N) is 1. The van der Waals surface area contributed by atoms with Gasteiger partial charge in [-0.3, -0.25) is 4.79 Å². The molecule has 0 saturated carbocycles. The highest BCUT2D eigenvalue weighted by molar-refractivity contribution is 7.89. The molecule has 0 heterocycles. The number of amides is 1. The normalized spacial score (nSPS) is 13.0. The molecule has 0 saturated heterocycles. The highest BCUT2D eigenvalue weighted by Gasteiger charge is 2.37. The Balaban J connectivity index is 3.32. The van der Waals surface area contributed by atoms with Gasteiger partial charge in [-0.05, 0) is 32.0 Å². The lowest BCUT2D eigenvalue weighted by Crippen LogP contribution is -2.54. The molecule has 0 aliphatic carbocycles. The van der Waals surface area contributed by atoms with Crippen LogP contribution in [0, 0.1) is 0 Å². The first-order chi connectivity index (χ1) is 10.2. The lowest BCUT2D eigenvalue weighted by molar-refractivity contribution is -0.137. The predicted molar refractivity (Wildman–Crippen MR) is 79.5 cm³/mol. The molecule has 0 aromatic heterocycles. The van der Waals surface area contributed by atoms with Crippen LogP contribution in [-0.4, -0.2) is 38.9 Å². The van der Waals surface area contributed by atoms with E-state index < -0.39 is 38.1 Å². The molecular weight excluding hydrogens is 357 g/mol. The molecule has 0 aliphatic rings. The predicted octanol–water partition coefficient (Wildman–Crippen LogP) is 2.50. The fraction of sp³-hybridized carbons (Fsp3) is 0.462. The summed E-state index contributed by atoms with van der Waals surface area (Å²) in [5, 5.41) is -0.376. The van der Waals surface area contributed by atoms with Crippen molar-refractivity contribution in [2.75, 3.05) is 14.1 Å². The standard InChI is InChI=1S/C13H16ClF3N2O3S/c1-12(2,11(20)19(3)4)18-23(21,22)10-7-8(13(15,16)17)5-6-9(10)14/h5-7,18H,1-4H3. The summed E-state index contributed by atoms with van der Waals surface area (Å²) in [6.45, 7) is 2.60. The second-order valence-corrected chi connectivity index (χ2v) is 7.63. The molecule has 1 amide bonds. The Hall–Kier alpha value is -1.32. The van der Waals surface area contributed by atoms with E-state index in [0.29, 0.717) is 12.1 Å². The Morgan fingerprint density at radius 1 is 1.22 bits per heavy atom.